The molecule has 0 aliphatic heterocycles. The van der Waals surface area contributed by atoms with E-state index in [-0.39, 0.29) is 16.4 Å². The van der Waals surface area contributed by atoms with Crippen molar-refractivity contribution in [2.45, 2.75) is 97.9 Å². The van der Waals surface area contributed by atoms with Gasteiger partial charge < -0.3 is 10.3 Å². The summed E-state index contributed by atoms with van der Waals surface area (Å²) in [4.78, 5) is 4.31. The second-order valence-electron chi connectivity index (χ2n) is 10.8. The summed E-state index contributed by atoms with van der Waals surface area (Å²) in [5.41, 5.74) is 8.56. The van der Waals surface area contributed by atoms with Crippen LogP contribution in [-0.4, -0.2) is 15.1 Å². The van der Waals surface area contributed by atoms with Gasteiger partial charge in [0.05, 0.1) is 6.33 Å². The van der Waals surface area contributed by atoms with Crippen molar-refractivity contribution in [3.05, 3.63) is 18.2 Å². The van der Waals surface area contributed by atoms with E-state index in [0.29, 0.717) is 5.41 Å². The summed E-state index contributed by atoms with van der Waals surface area (Å²) < 4.78 is 2.15. The molecular weight excluding hydrogens is 306 g/mol. The third-order valence-corrected chi connectivity index (χ3v) is 7.37. The zero-order valence-corrected chi connectivity index (χ0v) is 17.9. The molecule has 0 bridgehead atoms. The van der Waals surface area contributed by atoms with E-state index in [9.17, 15) is 0 Å². The molecule has 3 nitrogen and oxygen atoms in total. The summed E-state index contributed by atoms with van der Waals surface area (Å²) in [6.07, 6.45) is 11.5. The van der Waals surface area contributed by atoms with E-state index in [1.807, 2.05) is 12.5 Å². The molecular formula is C22H41N3. The minimum atomic E-state index is -0.171. The van der Waals surface area contributed by atoms with E-state index in [2.05, 4.69) is 65.1 Å². The van der Waals surface area contributed by atoms with Gasteiger partial charge in [-0.05, 0) is 69.1 Å². The Morgan fingerprint density at radius 3 is 2.00 bits per heavy atom. The summed E-state index contributed by atoms with van der Waals surface area (Å²) in [6.45, 7) is 16.4. The summed E-state index contributed by atoms with van der Waals surface area (Å²) in [7, 11) is 2.09. The van der Waals surface area contributed by atoms with Crippen LogP contribution < -0.4 is 5.73 Å². The Bertz CT molecular complexity index is 572. The maximum Gasteiger partial charge on any atom is 0.0945 e. The van der Waals surface area contributed by atoms with Crippen LogP contribution in [0.3, 0.4) is 0 Å². The Morgan fingerprint density at radius 1 is 1.00 bits per heavy atom. The SMILES string of the molecule is Cn1cncc1C(C)(C)CCC(C)(CCC(C)(C)C1CC1)C(C)(C)N. The number of imidazole rings is 1. The first-order valence-corrected chi connectivity index (χ1v) is 10.0. The zero-order chi connectivity index (χ0) is 19.1. The van der Waals surface area contributed by atoms with Gasteiger partial charge in [0.2, 0.25) is 0 Å². The summed E-state index contributed by atoms with van der Waals surface area (Å²) in [5, 5.41) is 0. The first kappa shape index (κ1) is 20.5. The largest absolute Gasteiger partial charge is 0.337 e. The third kappa shape index (κ3) is 4.67. The predicted molar refractivity (Wildman–Crippen MR) is 108 cm³/mol. The molecule has 1 saturated carbocycles. The lowest BCUT2D eigenvalue weighted by atomic mass is 9.63. The van der Waals surface area contributed by atoms with Crippen molar-refractivity contribution in [3.8, 4) is 0 Å². The van der Waals surface area contributed by atoms with Crippen molar-refractivity contribution in [3.63, 3.8) is 0 Å². The van der Waals surface area contributed by atoms with Gasteiger partial charge in [-0.1, -0.05) is 34.6 Å². The Labute approximate surface area is 155 Å². The van der Waals surface area contributed by atoms with Gasteiger partial charge in [-0.25, -0.2) is 4.98 Å². The first-order valence-electron chi connectivity index (χ1n) is 10.0. The van der Waals surface area contributed by atoms with Gasteiger partial charge in [-0.2, -0.15) is 0 Å². The monoisotopic (exact) mass is 347 g/mol. The predicted octanol–water partition coefficient (Wildman–Crippen LogP) is 5.44. The lowest BCUT2D eigenvalue weighted by Crippen LogP contribution is -2.50. The standard InChI is InChI=1S/C22H41N3/c1-19(2,17-9-10-17)11-13-22(7,21(5,6)23)14-12-20(3,4)18-15-24-16-25(18)8/h15-17H,9-14,23H2,1-8H3. The van der Waals surface area contributed by atoms with Gasteiger partial charge in [-0.15, -0.1) is 0 Å². The Balaban J connectivity index is 2.08. The molecule has 1 fully saturated rings. The van der Waals surface area contributed by atoms with Crippen LogP contribution in [0.15, 0.2) is 12.5 Å². The molecule has 144 valence electrons. The molecule has 1 aromatic rings. The minimum Gasteiger partial charge on any atom is -0.337 e. The minimum absolute atomic E-state index is 0.115. The fraction of sp³-hybridized carbons (Fsp3) is 0.864. The lowest BCUT2D eigenvalue weighted by molar-refractivity contribution is 0.102. The fourth-order valence-corrected chi connectivity index (χ4v) is 4.16. The van der Waals surface area contributed by atoms with Gasteiger partial charge >= 0.3 is 0 Å². The van der Waals surface area contributed by atoms with Crippen LogP contribution in [0.2, 0.25) is 0 Å². The molecule has 1 heterocycles. The van der Waals surface area contributed by atoms with Crippen LogP contribution >= 0.6 is 0 Å². The summed E-state index contributed by atoms with van der Waals surface area (Å²) in [5.74, 6) is 0.934. The molecule has 0 spiro atoms. The number of rotatable bonds is 9. The van der Waals surface area contributed by atoms with Crippen LogP contribution in [0, 0.1) is 16.7 Å². The lowest BCUT2D eigenvalue weighted by Gasteiger charge is -2.45. The third-order valence-electron chi connectivity index (χ3n) is 7.37. The summed E-state index contributed by atoms with van der Waals surface area (Å²) in [6, 6.07) is 0. The van der Waals surface area contributed by atoms with Crippen LogP contribution in [0.1, 0.15) is 92.7 Å². The molecule has 1 aromatic heterocycles. The molecule has 1 unspecified atom stereocenters. The average molecular weight is 348 g/mol. The molecule has 0 aromatic carbocycles. The number of nitrogens with zero attached hydrogens (tertiary/aromatic N) is 2. The molecule has 1 atom stereocenters. The first-order chi connectivity index (χ1) is 11.3. The van der Waals surface area contributed by atoms with E-state index >= 15 is 0 Å². The van der Waals surface area contributed by atoms with E-state index in [4.69, 9.17) is 5.73 Å². The van der Waals surface area contributed by atoms with Crippen molar-refractivity contribution in [2.75, 3.05) is 0 Å². The Kier molecular flexibility index (Phi) is 5.50. The van der Waals surface area contributed by atoms with Crippen molar-refractivity contribution < 1.29 is 0 Å². The second-order valence-corrected chi connectivity index (χ2v) is 10.8. The van der Waals surface area contributed by atoms with Crippen LogP contribution in [-0.2, 0) is 12.5 Å². The fourth-order valence-electron chi connectivity index (χ4n) is 4.16. The number of nitrogens with two attached hydrogens (primary N) is 1. The molecule has 2 N–H and O–H groups in total. The second kappa shape index (κ2) is 6.72. The molecule has 3 heteroatoms. The molecule has 1 aliphatic rings. The topological polar surface area (TPSA) is 43.8 Å². The highest BCUT2D eigenvalue weighted by Gasteiger charge is 2.43. The van der Waals surface area contributed by atoms with Crippen molar-refractivity contribution in [1.29, 1.82) is 0 Å². The van der Waals surface area contributed by atoms with E-state index in [1.54, 1.807) is 0 Å². The number of hydrogen-bond donors (Lipinski definition) is 1. The maximum absolute atomic E-state index is 6.70. The molecule has 0 amide bonds. The highest BCUT2D eigenvalue weighted by atomic mass is 15.0. The van der Waals surface area contributed by atoms with E-state index < -0.39 is 0 Å². The number of aromatic nitrogens is 2. The normalized spacial score (nSPS) is 19.1. The van der Waals surface area contributed by atoms with Crippen LogP contribution in [0.4, 0.5) is 0 Å². The zero-order valence-electron chi connectivity index (χ0n) is 17.9. The Hall–Kier alpha value is -0.830. The smallest absolute Gasteiger partial charge is 0.0945 e. The van der Waals surface area contributed by atoms with Gasteiger partial charge in [-0.3, -0.25) is 0 Å². The van der Waals surface area contributed by atoms with Gasteiger partial charge in [0.1, 0.15) is 0 Å². The van der Waals surface area contributed by atoms with Crippen LogP contribution in [0.25, 0.3) is 0 Å². The van der Waals surface area contributed by atoms with Crippen molar-refractivity contribution in [1.82, 2.24) is 9.55 Å². The van der Waals surface area contributed by atoms with Crippen LogP contribution in [0.5, 0.6) is 0 Å². The Morgan fingerprint density at radius 2 is 1.56 bits per heavy atom. The summed E-state index contributed by atoms with van der Waals surface area (Å²) >= 11 is 0. The highest BCUT2D eigenvalue weighted by Crippen LogP contribution is 2.51. The van der Waals surface area contributed by atoms with Gasteiger partial charge in [0.15, 0.2) is 0 Å². The molecule has 25 heavy (non-hydrogen) atoms. The molecule has 2 rings (SSSR count). The molecule has 1 aliphatic carbocycles. The van der Waals surface area contributed by atoms with Crippen molar-refractivity contribution >= 4 is 0 Å². The van der Waals surface area contributed by atoms with E-state index in [0.717, 1.165) is 18.8 Å². The maximum atomic E-state index is 6.70. The van der Waals surface area contributed by atoms with Gasteiger partial charge in [0, 0.05) is 29.9 Å². The van der Waals surface area contributed by atoms with Gasteiger partial charge in [0.25, 0.3) is 0 Å². The quantitative estimate of drug-likeness (QED) is 0.646. The highest BCUT2D eigenvalue weighted by molar-refractivity contribution is 5.12. The number of aryl methyl sites for hydroxylation is 1. The van der Waals surface area contributed by atoms with Crippen molar-refractivity contribution in [2.24, 2.45) is 29.5 Å². The van der Waals surface area contributed by atoms with E-state index in [1.165, 1.54) is 31.4 Å². The average Bonchev–Trinajstić information content (AvgIpc) is 3.25. The number of hydrogen-bond acceptors (Lipinski definition) is 2. The molecule has 0 radical (unpaired) electrons. The molecule has 0 saturated heterocycles.